The summed E-state index contributed by atoms with van der Waals surface area (Å²) in [4.78, 5) is 10.2. The van der Waals surface area contributed by atoms with Crippen molar-refractivity contribution in [3.63, 3.8) is 0 Å². The van der Waals surface area contributed by atoms with Crippen molar-refractivity contribution < 1.29 is 0 Å². The number of hydrogen-bond donors (Lipinski definition) is 0. The van der Waals surface area contributed by atoms with E-state index in [-0.39, 0.29) is 0 Å². The molecule has 0 aliphatic heterocycles. The van der Waals surface area contributed by atoms with E-state index in [2.05, 4.69) is 188 Å². The Bertz CT molecular complexity index is 3200. The third-order valence-corrected chi connectivity index (χ3v) is 12.2. The van der Waals surface area contributed by atoms with Crippen LogP contribution in [0.4, 0.5) is 0 Å². The molecule has 2 aromatic heterocycles. The van der Waals surface area contributed by atoms with Crippen molar-refractivity contribution in [3.8, 4) is 55.8 Å². The van der Waals surface area contributed by atoms with E-state index >= 15 is 0 Å². The van der Waals surface area contributed by atoms with Crippen LogP contribution in [0.25, 0.3) is 109 Å². The lowest BCUT2D eigenvalue weighted by atomic mass is 9.96. The number of rotatable bonds is 5. The summed E-state index contributed by atoms with van der Waals surface area (Å²) >= 11 is 1.88. The smallest absolute Gasteiger partial charge is 0.0979 e. The van der Waals surface area contributed by atoms with Crippen LogP contribution in [0.1, 0.15) is 0 Å². The fourth-order valence-corrected chi connectivity index (χ4v) is 9.39. The topological polar surface area (TPSA) is 25.8 Å². The van der Waals surface area contributed by atoms with Crippen molar-refractivity contribution in [1.29, 1.82) is 0 Å². The van der Waals surface area contributed by atoms with Gasteiger partial charge in [-0.15, -0.1) is 11.3 Å². The minimum absolute atomic E-state index is 0.870. The predicted octanol–water partition coefficient (Wildman–Crippen LogP) is 14.6. The van der Waals surface area contributed by atoms with Gasteiger partial charge in [0.1, 0.15) is 0 Å². The summed E-state index contributed by atoms with van der Waals surface area (Å²) in [5, 5.41) is 7.33. The van der Waals surface area contributed by atoms with Crippen LogP contribution in [0.5, 0.6) is 0 Å². The molecule has 0 radical (unpaired) electrons. The van der Waals surface area contributed by atoms with E-state index in [9.17, 15) is 0 Å². The lowest BCUT2D eigenvalue weighted by Crippen LogP contribution is -1.92. The second kappa shape index (κ2) is 12.9. The van der Waals surface area contributed by atoms with E-state index in [1.807, 2.05) is 17.5 Å². The van der Waals surface area contributed by atoms with Crippen LogP contribution in [-0.4, -0.2) is 9.97 Å². The van der Waals surface area contributed by atoms with Gasteiger partial charge in [0, 0.05) is 36.5 Å². The minimum Gasteiger partial charge on any atom is -0.252 e. The lowest BCUT2D eigenvalue weighted by molar-refractivity contribution is 1.31. The van der Waals surface area contributed by atoms with Crippen LogP contribution >= 0.6 is 11.3 Å². The summed E-state index contributed by atoms with van der Waals surface area (Å²) in [6.45, 7) is 0. The van der Waals surface area contributed by atoms with Gasteiger partial charge in [-0.25, -0.2) is 4.98 Å². The SMILES string of the molecule is c1cc(-c2ccc(-c3ccc(-c4ccc(-c5cccc6c5sc5ccccc56)cc4)cc3)cc2)cc(-c2cnc3c4ccccc4c4ccccc4c3n2)c1. The zero-order chi connectivity index (χ0) is 36.3. The number of thiophene rings is 1. The molecule has 2 nitrogen and oxygen atoms in total. The monoisotopic (exact) mass is 716 g/mol. The quantitative estimate of drug-likeness (QED) is 0.166. The molecular weight excluding hydrogens is 685 g/mol. The van der Waals surface area contributed by atoms with Gasteiger partial charge in [0.25, 0.3) is 0 Å². The standard InChI is InChI=1S/C52H32N2S/c1-3-14-45-42(11-1)43-12-2-4-15-46(43)51-50(45)53-32-48(54-51)40-10-7-9-39(31-40)37-25-23-35(24-26-37)33-19-21-34(22-20-33)36-27-29-38(30-28-36)41-16-8-17-47-44-13-5-6-18-49(44)55-52(41)47/h1-32H. The van der Waals surface area contributed by atoms with Crippen LogP contribution in [0.2, 0.25) is 0 Å². The van der Waals surface area contributed by atoms with Gasteiger partial charge in [0.05, 0.1) is 22.9 Å². The van der Waals surface area contributed by atoms with Crippen LogP contribution in [0.3, 0.4) is 0 Å². The van der Waals surface area contributed by atoms with Gasteiger partial charge in [-0.2, -0.15) is 0 Å². The summed E-state index contributed by atoms with van der Waals surface area (Å²) in [7, 11) is 0. The van der Waals surface area contributed by atoms with Crippen LogP contribution in [0, 0.1) is 0 Å². The zero-order valence-corrected chi connectivity index (χ0v) is 30.6. The Morgan fingerprint density at radius 1 is 0.327 bits per heavy atom. The molecule has 11 aromatic rings. The van der Waals surface area contributed by atoms with Gasteiger partial charge < -0.3 is 0 Å². The van der Waals surface area contributed by atoms with Gasteiger partial charge in [0.15, 0.2) is 0 Å². The van der Waals surface area contributed by atoms with Crippen molar-refractivity contribution in [3.05, 3.63) is 194 Å². The second-order valence-electron chi connectivity index (χ2n) is 14.1. The van der Waals surface area contributed by atoms with Crippen molar-refractivity contribution in [1.82, 2.24) is 9.97 Å². The highest BCUT2D eigenvalue weighted by atomic mass is 32.1. The average molecular weight is 717 g/mol. The number of nitrogens with zero attached hydrogens (tertiary/aromatic N) is 2. The minimum atomic E-state index is 0.870. The number of benzene rings is 9. The van der Waals surface area contributed by atoms with Gasteiger partial charge in [-0.05, 0) is 67.4 Å². The van der Waals surface area contributed by atoms with E-state index in [0.717, 1.165) is 38.6 Å². The Balaban J connectivity index is 0.848. The predicted molar refractivity (Wildman–Crippen MR) is 235 cm³/mol. The Morgan fingerprint density at radius 2 is 0.800 bits per heavy atom. The highest BCUT2D eigenvalue weighted by Crippen LogP contribution is 2.40. The first-order valence-electron chi connectivity index (χ1n) is 18.6. The van der Waals surface area contributed by atoms with E-state index in [1.54, 1.807) is 0 Å². The summed E-state index contributed by atoms with van der Waals surface area (Å²) in [6, 6.07) is 67.7. The summed E-state index contributed by atoms with van der Waals surface area (Å²) in [5.41, 5.74) is 13.5. The first kappa shape index (κ1) is 31.6. The number of hydrogen-bond acceptors (Lipinski definition) is 3. The van der Waals surface area contributed by atoms with Crippen LogP contribution in [0.15, 0.2) is 194 Å². The Labute approximate surface area is 322 Å². The number of aromatic nitrogens is 2. The highest BCUT2D eigenvalue weighted by molar-refractivity contribution is 7.26. The van der Waals surface area contributed by atoms with E-state index in [1.165, 1.54) is 69.9 Å². The fraction of sp³-hybridized carbons (Fsp3) is 0. The zero-order valence-electron chi connectivity index (χ0n) is 29.8. The molecule has 0 atom stereocenters. The van der Waals surface area contributed by atoms with Crippen LogP contribution in [-0.2, 0) is 0 Å². The van der Waals surface area contributed by atoms with Gasteiger partial charge in [-0.1, -0.05) is 176 Å². The molecule has 0 aliphatic rings. The normalized spacial score (nSPS) is 11.6. The third-order valence-electron chi connectivity index (χ3n) is 11.0. The molecule has 0 spiro atoms. The van der Waals surface area contributed by atoms with E-state index in [4.69, 9.17) is 9.97 Å². The van der Waals surface area contributed by atoms with E-state index < -0.39 is 0 Å². The maximum Gasteiger partial charge on any atom is 0.0979 e. The molecule has 256 valence electrons. The molecule has 0 fully saturated rings. The molecule has 0 amide bonds. The summed E-state index contributed by atoms with van der Waals surface area (Å²) in [6.07, 6.45) is 1.91. The molecule has 0 saturated carbocycles. The van der Waals surface area contributed by atoms with Crippen LogP contribution < -0.4 is 0 Å². The number of fused-ring (bicyclic) bond motifs is 9. The molecule has 0 N–H and O–H groups in total. The van der Waals surface area contributed by atoms with Crippen molar-refractivity contribution in [2.45, 2.75) is 0 Å². The Kier molecular flexibility index (Phi) is 7.39. The molecule has 3 heteroatoms. The van der Waals surface area contributed by atoms with Gasteiger partial charge >= 0.3 is 0 Å². The van der Waals surface area contributed by atoms with E-state index in [0.29, 0.717) is 0 Å². The average Bonchev–Trinajstić information content (AvgIpc) is 3.66. The molecule has 0 aliphatic carbocycles. The maximum atomic E-state index is 5.22. The molecule has 0 saturated heterocycles. The van der Waals surface area contributed by atoms with Gasteiger partial charge in [0.2, 0.25) is 0 Å². The molecule has 2 heterocycles. The lowest BCUT2D eigenvalue weighted by Gasteiger charge is -2.11. The first-order chi connectivity index (χ1) is 27.2. The maximum absolute atomic E-state index is 5.22. The van der Waals surface area contributed by atoms with Crippen molar-refractivity contribution in [2.24, 2.45) is 0 Å². The Morgan fingerprint density at radius 3 is 1.44 bits per heavy atom. The summed E-state index contributed by atoms with van der Waals surface area (Å²) in [5.74, 6) is 0. The third kappa shape index (κ3) is 5.40. The molecular formula is C52H32N2S. The fourth-order valence-electron chi connectivity index (χ4n) is 8.15. The largest absolute Gasteiger partial charge is 0.252 e. The molecule has 55 heavy (non-hydrogen) atoms. The summed E-state index contributed by atoms with van der Waals surface area (Å²) < 4.78 is 2.68. The molecule has 9 aromatic carbocycles. The molecule has 11 rings (SSSR count). The molecule has 0 bridgehead atoms. The van der Waals surface area contributed by atoms with Gasteiger partial charge in [-0.3, -0.25) is 4.98 Å². The second-order valence-corrected chi connectivity index (χ2v) is 15.2. The first-order valence-corrected chi connectivity index (χ1v) is 19.5. The van der Waals surface area contributed by atoms with Crippen molar-refractivity contribution in [2.75, 3.05) is 0 Å². The Hall–Kier alpha value is -6.94. The highest BCUT2D eigenvalue weighted by Gasteiger charge is 2.14. The van der Waals surface area contributed by atoms with Crippen molar-refractivity contribution >= 4 is 64.1 Å². The molecule has 0 unspecified atom stereocenters.